The summed E-state index contributed by atoms with van der Waals surface area (Å²) in [5.74, 6) is 0.924. The predicted octanol–water partition coefficient (Wildman–Crippen LogP) is 1.76. The lowest BCUT2D eigenvalue weighted by atomic mass is 10.1. The molecule has 2 N–H and O–H groups in total. The lowest BCUT2D eigenvalue weighted by Crippen LogP contribution is -2.32. The van der Waals surface area contributed by atoms with Crippen molar-refractivity contribution in [1.29, 1.82) is 0 Å². The zero-order valence-corrected chi connectivity index (χ0v) is 14.1. The van der Waals surface area contributed by atoms with Crippen molar-refractivity contribution in [3.8, 4) is 5.75 Å². The van der Waals surface area contributed by atoms with Gasteiger partial charge >= 0.3 is 0 Å². The van der Waals surface area contributed by atoms with E-state index in [2.05, 4.69) is 24.5 Å². The maximum Gasteiger partial charge on any atom is 0.223 e. The smallest absolute Gasteiger partial charge is 0.223 e. The Hall–Kier alpha value is -2.04. The van der Waals surface area contributed by atoms with Crippen LogP contribution in [0.2, 0.25) is 0 Å². The number of benzene rings is 1. The quantitative estimate of drug-likeness (QED) is 0.767. The van der Waals surface area contributed by atoms with E-state index in [9.17, 15) is 9.59 Å². The second-order valence-electron chi connectivity index (χ2n) is 6.48. The van der Waals surface area contributed by atoms with Crippen molar-refractivity contribution in [1.82, 2.24) is 10.6 Å². The number of ether oxygens (including phenoxy) is 1. The summed E-state index contributed by atoms with van der Waals surface area (Å²) in [5.41, 5.74) is 1.12. The van der Waals surface area contributed by atoms with Crippen LogP contribution in [0.15, 0.2) is 24.3 Å². The van der Waals surface area contributed by atoms with Crippen molar-refractivity contribution in [2.24, 2.45) is 17.8 Å². The molecule has 0 aromatic heterocycles. The van der Waals surface area contributed by atoms with E-state index in [0.717, 1.165) is 17.7 Å². The highest BCUT2D eigenvalue weighted by atomic mass is 16.5. The molecular formula is C18H26N2O3. The highest BCUT2D eigenvalue weighted by molar-refractivity contribution is 5.92. The zero-order valence-electron chi connectivity index (χ0n) is 14.1. The first kappa shape index (κ1) is 17.3. The largest absolute Gasteiger partial charge is 0.497 e. The topological polar surface area (TPSA) is 67.4 Å². The van der Waals surface area contributed by atoms with Gasteiger partial charge in [-0.25, -0.2) is 0 Å². The van der Waals surface area contributed by atoms with E-state index >= 15 is 0 Å². The normalized spacial score (nSPS) is 19.3. The average molecular weight is 318 g/mol. The van der Waals surface area contributed by atoms with E-state index in [0.29, 0.717) is 25.4 Å². The molecule has 0 heterocycles. The molecule has 1 aromatic carbocycles. The van der Waals surface area contributed by atoms with Gasteiger partial charge in [0.2, 0.25) is 11.8 Å². The lowest BCUT2D eigenvalue weighted by molar-refractivity contribution is -0.127. The van der Waals surface area contributed by atoms with Gasteiger partial charge in [0.05, 0.1) is 18.9 Å². The molecule has 2 atom stereocenters. The third-order valence-electron chi connectivity index (χ3n) is 4.00. The second-order valence-corrected chi connectivity index (χ2v) is 6.48. The summed E-state index contributed by atoms with van der Waals surface area (Å²) < 4.78 is 5.18. The lowest BCUT2D eigenvalue weighted by Gasteiger charge is -2.08. The first-order valence-corrected chi connectivity index (χ1v) is 8.19. The number of hydrogen-bond donors (Lipinski definition) is 2. The summed E-state index contributed by atoms with van der Waals surface area (Å²) in [7, 11) is 1.64. The third-order valence-corrected chi connectivity index (χ3v) is 4.00. The van der Waals surface area contributed by atoms with Gasteiger partial charge in [-0.05, 0) is 36.5 Å². The number of nitrogens with one attached hydrogen (secondary N) is 2. The van der Waals surface area contributed by atoms with Crippen molar-refractivity contribution < 1.29 is 14.3 Å². The molecule has 5 nitrogen and oxygen atoms in total. The number of carbonyl (C=O) groups excluding carboxylic acids is 2. The molecule has 1 aliphatic carbocycles. The summed E-state index contributed by atoms with van der Waals surface area (Å²) in [6, 6.07) is 7.80. The summed E-state index contributed by atoms with van der Waals surface area (Å²) in [5, 5.41) is 5.81. The number of hydrogen-bond acceptors (Lipinski definition) is 3. The molecule has 2 rings (SSSR count). The van der Waals surface area contributed by atoms with E-state index in [1.54, 1.807) is 7.11 Å². The number of rotatable bonds is 8. The van der Waals surface area contributed by atoms with Crippen molar-refractivity contribution in [2.45, 2.75) is 26.7 Å². The summed E-state index contributed by atoms with van der Waals surface area (Å²) in [6.45, 7) is 5.34. The summed E-state index contributed by atoms with van der Waals surface area (Å²) >= 11 is 0. The first-order valence-electron chi connectivity index (χ1n) is 8.19. The van der Waals surface area contributed by atoms with Crippen LogP contribution >= 0.6 is 0 Å². The zero-order chi connectivity index (χ0) is 16.8. The van der Waals surface area contributed by atoms with Gasteiger partial charge in [-0.15, -0.1) is 0 Å². The van der Waals surface area contributed by atoms with Crippen molar-refractivity contribution in [3.05, 3.63) is 29.8 Å². The molecule has 5 heteroatoms. The number of methoxy groups -OCH3 is 1. The highest BCUT2D eigenvalue weighted by Gasteiger charge is 2.47. The van der Waals surface area contributed by atoms with E-state index in [4.69, 9.17) is 4.74 Å². The molecule has 0 radical (unpaired) electrons. The van der Waals surface area contributed by atoms with E-state index in [1.165, 1.54) is 0 Å². The maximum absolute atomic E-state index is 12.1. The molecule has 1 aliphatic rings. The maximum atomic E-state index is 12.1. The Morgan fingerprint density at radius 3 is 2.57 bits per heavy atom. The predicted molar refractivity (Wildman–Crippen MR) is 89.2 cm³/mol. The van der Waals surface area contributed by atoms with Gasteiger partial charge in [0, 0.05) is 13.1 Å². The Balaban J connectivity index is 1.69. The molecule has 0 aliphatic heterocycles. The van der Waals surface area contributed by atoms with Gasteiger partial charge < -0.3 is 15.4 Å². The fourth-order valence-corrected chi connectivity index (χ4v) is 2.50. The van der Waals surface area contributed by atoms with Gasteiger partial charge in [0.1, 0.15) is 5.75 Å². The molecule has 23 heavy (non-hydrogen) atoms. The molecule has 2 amide bonds. The molecular weight excluding hydrogens is 292 g/mol. The Morgan fingerprint density at radius 2 is 1.91 bits per heavy atom. The van der Waals surface area contributed by atoms with Crippen LogP contribution in [0.4, 0.5) is 0 Å². The molecule has 0 bridgehead atoms. The minimum Gasteiger partial charge on any atom is -0.497 e. The fourth-order valence-electron chi connectivity index (χ4n) is 2.50. The van der Waals surface area contributed by atoms with Crippen LogP contribution in [0.1, 0.15) is 25.8 Å². The van der Waals surface area contributed by atoms with Crippen LogP contribution in [0, 0.1) is 17.8 Å². The van der Waals surface area contributed by atoms with E-state index in [1.807, 2.05) is 24.3 Å². The Morgan fingerprint density at radius 1 is 1.22 bits per heavy atom. The van der Waals surface area contributed by atoms with Gasteiger partial charge in [-0.1, -0.05) is 26.0 Å². The Bertz CT molecular complexity index is 557. The Kier molecular flexibility index (Phi) is 6.02. The molecule has 0 saturated heterocycles. The van der Waals surface area contributed by atoms with Crippen molar-refractivity contribution >= 4 is 11.8 Å². The van der Waals surface area contributed by atoms with Gasteiger partial charge in [-0.3, -0.25) is 9.59 Å². The van der Waals surface area contributed by atoms with Crippen LogP contribution in [0.5, 0.6) is 5.75 Å². The summed E-state index contributed by atoms with van der Waals surface area (Å²) in [6.07, 6.45) is 1.41. The molecule has 1 fully saturated rings. The molecule has 0 spiro atoms. The van der Waals surface area contributed by atoms with Crippen molar-refractivity contribution in [2.75, 3.05) is 20.2 Å². The SMILES string of the molecule is COc1cccc(CCNC(=O)C2CC2C(=O)NCC(C)C)c1. The standard InChI is InChI=1S/C18H26N2O3/c1-12(2)11-20-18(22)16-10-15(16)17(21)19-8-7-13-5-4-6-14(9-13)23-3/h4-6,9,12,15-16H,7-8,10-11H2,1-3H3,(H,19,21)(H,20,22). The highest BCUT2D eigenvalue weighted by Crippen LogP contribution is 2.38. The van der Waals surface area contributed by atoms with Crippen LogP contribution in [-0.2, 0) is 16.0 Å². The average Bonchev–Trinajstić information content (AvgIpc) is 3.33. The number of amides is 2. The van der Waals surface area contributed by atoms with Gasteiger partial charge in [0.25, 0.3) is 0 Å². The number of carbonyl (C=O) groups is 2. The minimum absolute atomic E-state index is 0.00615. The van der Waals surface area contributed by atoms with Crippen molar-refractivity contribution in [3.63, 3.8) is 0 Å². The van der Waals surface area contributed by atoms with Gasteiger partial charge in [0.15, 0.2) is 0 Å². The van der Waals surface area contributed by atoms with E-state index < -0.39 is 0 Å². The van der Waals surface area contributed by atoms with Crippen LogP contribution in [-0.4, -0.2) is 32.0 Å². The van der Waals surface area contributed by atoms with E-state index in [-0.39, 0.29) is 23.7 Å². The second kappa shape index (κ2) is 7.99. The summed E-state index contributed by atoms with van der Waals surface area (Å²) in [4.78, 5) is 23.9. The molecule has 126 valence electrons. The fraction of sp³-hybridized carbons (Fsp3) is 0.556. The minimum atomic E-state index is -0.160. The molecule has 1 aromatic rings. The van der Waals surface area contributed by atoms with Crippen LogP contribution < -0.4 is 15.4 Å². The Labute approximate surface area is 137 Å². The molecule has 1 saturated carbocycles. The first-order chi connectivity index (χ1) is 11.0. The molecule has 2 unspecified atom stereocenters. The van der Waals surface area contributed by atoms with Crippen LogP contribution in [0.25, 0.3) is 0 Å². The third kappa shape index (κ3) is 5.27. The monoisotopic (exact) mass is 318 g/mol. The van der Waals surface area contributed by atoms with Crippen LogP contribution in [0.3, 0.4) is 0 Å². The van der Waals surface area contributed by atoms with Gasteiger partial charge in [-0.2, -0.15) is 0 Å².